The first-order valence-electron chi connectivity index (χ1n) is 15.3. The Morgan fingerprint density at radius 2 is 1.84 bits per heavy atom. The maximum atomic E-state index is 13.6. The van der Waals surface area contributed by atoms with E-state index in [4.69, 9.17) is 0 Å². The molecular weight excluding hydrogens is 570 g/mol. The molecule has 230 valence electrons. The molecule has 2 amide bonds. The first-order valence-corrected chi connectivity index (χ1v) is 16.2. The van der Waals surface area contributed by atoms with Crippen LogP contribution in [0.3, 0.4) is 0 Å². The number of pyridine rings is 1. The van der Waals surface area contributed by atoms with E-state index in [0.717, 1.165) is 34.7 Å². The maximum absolute atomic E-state index is 13.6. The minimum Gasteiger partial charge on any atom is -0.390 e. The van der Waals surface area contributed by atoms with Crippen molar-refractivity contribution in [1.29, 1.82) is 0 Å². The number of benzene rings is 2. The zero-order valence-corrected chi connectivity index (χ0v) is 26.4. The zero-order valence-electron chi connectivity index (χ0n) is 25.6. The molecule has 0 unspecified atom stereocenters. The van der Waals surface area contributed by atoms with E-state index in [9.17, 15) is 14.7 Å². The van der Waals surface area contributed by atoms with Crippen molar-refractivity contribution in [2.24, 2.45) is 0 Å². The number of aromatic nitrogens is 2. The van der Waals surface area contributed by atoms with E-state index in [0.29, 0.717) is 36.6 Å². The number of nitrogens with zero attached hydrogens (tertiary/aromatic N) is 3. The Kier molecular flexibility index (Phi) is 10.5. The minimum atomic E-state index is -0.850. The fourth-order valence-corrected chi connectivity index (χ4v) is 6.52. The lowest BCUT2D eigenvalue weighted by molar-refractivity contribution is 0.0735. The van der Waals surface area contributed by atoms with Crippen LogP contribution in [0.1, 0.15) is 86.8 Å². The zero-order chi connectivity index (χ0) is 31.1. The van der Waals surface area contributed by atoms with Gasteiger partial charge in [0.05, 0.1) is 18.2 Å². The number of hydrogen-bond donors (Lipinski definition) is 3. The average Bonchev–Trinajstić information content (AvgIpc) is 3.70. The van der Waals surface area contributed by atoms with Crippen LogP contribution >= 0.6 is 11.3 Å². The van der Waals surface area contributed by atoms with E-state index in [1.54, 1.807) is 35.6 Å². The number of nitrogens with one attached hydrogen (secondary N) is 2. The molecule has 2 aromatic heterocycles. The lowest BCUT2D eigenvalue weighted by atomic mass is 10.00. The summed E-state index contributed by atoms with van der Waals surface area (Å²) in [5.41, 5.74) is 5.02. The molecule has 0 spiro atoms. The number of carbonyl (C=O) groups excluding carboxylic acids is 2. The van der Waals surface area contributed by atoms with Crippen LogP contribution in [0.2, 0.25) is 0 Å². The van der Waals surface area contributed by atoms with Crippen molar-refractivity contribution in [3.8, 4) is 0 Å². The number of hydrogen-bond acceptors (Lipinski definition) is 7. The summed E-state index contributed by atoms with van der Waals surface area (Å²) in [6.45, 7) is 7.73. The van der Waals surface area contributed by atoms with E-state index in [-0.39, 0.29) is 24.4 Å². The van der Waals surface area contributed by atoms with Crippen molar-refractivity contribution < 1.29 is 14.7 Å². The second-order valence-corrected chi connectivity index (χ2v) is 12.7. The molecule has 1 aliphatic rings. The van der Waals surface area contributed by atoms with Gasteiger partial charge in [0, 0.05) is 54.2 Å². The average molecular weight is 612 g/mol. The van der Waals surface area contributed by atoms with E-state index in [1.165, 1.54) is 5.56 Å². The largest absolute Gasteiger partial charge is 0.390 e. The van der Waals surface area contributed by atoms with Gasteiger partial charge in [-0.25, -0.2) is 4.98 Å². The Morgan fingerprint density at radius 3 is 2.59 bits per heavy atom. The summed E-state index contributed by atoms with van der Waals surface area (Å²) >= 11 is 1.59. The third-order valence-electron chi connectivity index (χ3n) is 8.05. The Labute approximate surface area is 263 Å². The molecule has 1 fully saturated rings. The standard InChI is InChI=1S/C35H41N5O3S/c1-23(2)29-15-26(18-36-20-29)19-37-21-32(41)30(16-25-9-5-4-6-10-25)39-33(42)27-11-7-12-28(17-27)35(43)40-14-8-13-31(40)34-38-24(3)22-44-34/h4-7,9-12,15,17-18,20,22-23,30-32,37,41H,8,13-14,16,19,21H2,1-3H3,(H,39,42)/t30-,31+,32+/m0/s1. The van der Waals surface area contributed by atoms with Crippen molar-refractivity contribution in [3.05, 3.63) is 117 Å². The molecule has 9 heteroatoms. The van der Waals surface area contributed by atoms with Gasteiger partial charge in [0.25, 0.3) is 11.8 Å². The number of likely N-dealkylation sites (tertiary alicyclic amines) is 1. The van der Waals surface area contributed by atoms with Gasteiger partial charge in [0.15, 0.2) is 0 Å². The van der Waals surface area contributed by atoms with Gasteiger partial charge in [-0.15, -0.1) is 11.3 Å². The SMILES string of the molecule is Cc1csc([C@H]2CCCN2C(=O)c2cccc(C(=O)N[C@@H](Cc3ccccc3)[C@H](O)CNCc3cncc(C(C)C)c3)c2)n1. The van der Waals surface area contributed by atoms with Crippen molar-refractivity contribution in [2.75, 3.05) is 13.1 Å². The molecule has 0 radical (unpaired) electrons. The van der Waals surface area contributed by atoms with Crippen LogP contribution in [0.25, 0.3) is 0 Å². The summed E-state index contributed by atoms with van der Waals surface area (Å²) in [4.78, 5) is 38.0. The van der Waals surface area contributed by atoms with Gasteiger partial charge in [0.1, 0.15) is 5.01 Å². The Balaban J connectivity index is 1.26. The second-order valence-electron chi connectivity index (χ2n) is 11.8. The first-order chi connectivity index (χ1) is 21.3. The summed E-state index contributed by atoms with van der Waals surface area (Å²) in [7, 11) is 0. The monoisotopic (exact) mass is 611 g/mol. The van der Waals surface area contributed by atoms with Gasteiger partial charge < -0.3 is 20.6 Å². The van der Waals surface area contributed by atoms with Crippen LogP contribution in [0.15, 0.2) is 78.4 Å². The predicted molar refractivity (Wildman–Crippen MR) is 174 cm³/mol. The van der Waals surface area contributed by atoms with E-state index < -0.39 is 12.1 Å². The molecule has 44 heavy (non-hydrogen) atoms. The summed E-state index contributed by atoms with van der Waals surface area (Å²) in [5.74, 6) is -0.0514. The predicted octanol–water partition coefficient (Wildman–Crippen LogP) is 5.44. The van der Waals surface area contributed by atoms with Crippen LogP contribution in [0.4, 0.5) is 0 Å². The molecule has 3 N–H and O–H groups in total. The van der Waals surface area contributed by atoms with Gasteiger partial charge >= 0.3 is 0 Å². The fraction of sp³-hybridized carbons (Fsp3) is 0.371. The van der Waals surface area contributed by atoms with Crippen molar-refractivity contribution in [1.82, 2.24) is 25.5 Å². The van der Waals surface area contributed by atoms with Crippen LogP contribution in [0.5, 0.6) is 0 Å². The molecule has 2 aromatic carbocycles. The number of rotatable bonds is 12. The van der Waals surface area contributed by atoms with Gasteiger partial charge in [0.2, 0.25) is 0 Å². The smallest absolute Gasteiger partial charge is 0.254 e. The molecule has 4 aromatic rings. The minimum absolute atomic E-state index is 0.0415. The summed E-state index contributed by atoms with van der Waals surface area (Å²) in [6, 6.07) is 18.2. The van der Waals surface area contributed by atoms with E-state index in [1.807, 2.05) is 59.9 Å². The van der Waals surface area contributed by atoms with Crippen molar-refractivity contribution in [2.45, 2.75) is 70.7 Å². The van der Waals surface area contributed by atoms with Crippen LogP contribution in [-0.4, -0.2) is 57.0 Å². The van der Waals surface area contributed by atoms with E-state index >= 15 is 0 Å². The molecule has 0 aliphatic carbocycles. The molecular formula is C35H41N5O3S. The molecule has 5 rings (SSSR count). The Morgan fingerprint density at radius 1 is 1.05 bits per heavy atom. The second kappa shape index (κ2) is 14.7. The van der Waals surface area contributed by atoms with Gasteiger partial charge in [-0.2, -0.15) is 0 Å². The van der Waals surface area contributed by atoms with Crippen molar-refractivity contribution in [3.63, 3.8) is 0 Å². The number of aliphatic hydroxyl groups excluding tert-OH is 1. The molecule has 1 saturated heterocycles. The number of carbonyl (C=O) groups is 2. The lowest BCUT2D eigenvalue weighted by Gasteiger charge is -2.25. The highest BCUT2D eigenvalue weighted by atomic mass is 32.1. The van der Waals surface area contributed by atoms with Crippen molar-refractivity contribution >= 4 is 23.2 Å². The van der Waals surface area contributed by atoms with Crippen LogP contribution < -0.4 is 10.6 Å². The number of aryl methyl sites for hydroxylation is 1. The third-order valence-corrected chi connectivity index (χ3v) is 9.12. The first kappa shape index (κ1) is 31.5. The molecule has 3 atom stereocenters. The molecule has 0 saturated carbocycles. The lowest BCUT2D eigenvalue weighted by Crippen LogP contribution is -2.48. The maximum Gasteiger partial charge on any atom is 0.254 e. The highest BCUT2D eigenvalue weighted by molar-refractivity contribution is 7.09. The molecule has 3 heterocycles. The Bertz CT molecular complexity index is 1560. The van der Waals surface area contributed by atoms with E-state index in [2.05, 4.69) is 40.5 Å². The van der Waals surface area contributed by atoms with Gasteiger partial charge in [-0.05, 0) is 67.0 Å². The molecule has 1 aliphatic heterocycles. The molecule has 8 nitrogen and oxygen atoms in total. The number of aliphatic hydroxyl groups is 1. The highest BCUT2D eigenvalue weighted by Crippen LogP contribution is 2.34. The normalized spacial score (nSPS) is 16.2. The van der Waals surface area contributed by atoms with Crippen LogP contribution in [0, 0.1) is 6.92 Å². The summed E-state index contributed by atoms with van der Waals surface area (Å²) in [6.07, 6.45) is 5.11. The Hall–Kier alpha value is -3.92. The summed E-state index contributed by atoms with van der Waals surface area (Å²) in [5, 5.41) is 20.6. The number of thiazole rings is 1. The topological polar surface area (TPSA) is 107 Å². The molecule has 0 bridgehead atoms. The summed E-state index contributed by atoms with van der Waals surface area (Å²) < 4.78 is 0. The highest BCUT2D eigenvalue weighted by Gasteiger charge is 2.33. The fourth-order valence-electron chi connectivity index (χ4n) is 5.58. The van der Waals surface area contributed by atoms with Gasteiger partial charge in [-0.3, -0.25) is 14.6 Å². The third kappa shape index (κ3) is 7.96. The number of amides is 2. The van der Waals surface area contributed by atoms with Crippen LogP contribution in [-0.2, 0) is 13.0 Å². The van der Waals surface area contributed by atoms with Gasteiger partial charge in [-0.1, -0.05) is 56.3 Å². The quantitative estimate of drug-likeness (QED) is 0.197.